The van der Waals surface area contributed by atoms with Crippen LogP contribution in [0.15, 0.2) is 127 Å². The van der Waals surface area contributed by atoms with Gasteiger partial charge in [-0.05, 0) is 43.0 Å². The van der Waals surface area contributed by atoms with Crippen LogP contribution in [0.25, 0.3) is 5.57 Å². The van der Waals surface area contributed by atoms with Crippen LogP contribution < -0.4 is 0 Å². The number of cyclic esters (lactones) is 1. The molecular weight excluding hydrogens is 536 g/mol. The van der Waals surface area contributed by atoms with E-state index in [-0.39, 0.29) is 0 Å². The number of rotatable bonds is 9. The van der Waals surface area contributed by atoms with Crippen molar-refractivity contribution >= 4 is 17.5 Å². The Morgan fingerprint density at radius 2 is 1.16 bits per heavy atom. The predicted octanol–water partition coefficient (Wildman–Crippen LogP) is 6.94. The summed E-state index contributed by atoms with van der Waals surface area (Å²) in [5.41, 5.74) is -0.120. The fourth-order valence-electron chi connectivity index (χ4n) is 6.48. The lowest BCUT2D eigenvalue weighted by Crippen LogP contribution is -2.50. The molecule has 0 aliphatic carbocycles. The molecule has 0 unspecified atom stereocenters. The third-order valence-corrected chi connectivity index (χ3v) is 8.28. The van der Waals surface area contributed by atoms with E-state index in [2.05, 4.69) is 0 Å². The minimum absolute atomic E-state index is 0.312. The molecule has 0 spiro atoms. The molecule has 0 N–H and O–H groups in total. The van der Waals surface area contributed by atoms with E-state index in [1.165, 1.54) is 6.08 Å². The number of esters is 2. The Morgan fingerprint density at radius 3 is 1.67 bits per heavy atom. The molecule has 0 bridgehead atoms. The maximum Gasteiger partial charge on any atom is 0.343 e. The normalized spacial score (nSPS) is 24.6. The van der Waals surface area contributed by atoms with Gasteiger partial charge in [0.2, 0.25) is 5.60 Å². The first-order valence-corrected chi connectivity index (χ1v) is 14.7. The smallest absolute Gasteiger partial charge is 0.343 e. The number of benzene rings is 4. The maximum absolute atomic E-state index is 14.3. The number of fused-ring (bicyclic) bond motifs is 1. The van der Waals surface area contributed by atoms with Crippen molar-refractivity contribution in [2.24, 2.45) is 0 Å². The fourth-order valence-corrected chi connectivity index (χ4v) is 6.48. The second-order valence-corrected chi connectivity index (χ2v) is 12.4. The van der Waals surface area contributed by atoms with Crippen LogP contribution in [0.1, 0.15) is 43.0 Å². The van der Waals surface area contributed by atoms with E-state index < -0.39 is 34.3 Å². The highest BCUT2D eigenvalue weighted by atomic mass is 16.7. The molecule has 5 heteroatoms. The lowest BCUT2D eigenvalue weighted by molar-refractivity contribution is -0.162. The average Bonchev–Trinajstić information content (AvgIpc) is 3.60. The summed E-state index contributed by atoms with van der Waals surface area (Å²) in [5.74, 6) is -0.930. The number of ether oxygens (including phenoxy) is 3. The van der Waals surface area contributed by atoms with Gasteiger partial charge >= 0.3 is 11.9 Å². The molecule has 43 heavy (non-hydrogen) atoms. The zero-order chi connectivity index (χ0) is 30.1. The van der Waals surface area contributed by atoms with E-state index in [9.17, 15) is 9.59 Å². The third kappa shape index (κ3) is 5.30. The van der Waals surface area contributed by atoms with Crippen LogP contribution in [-0.2, 0) is 43.1 Å². The van der Waals surface area contributed by atoms with Crippen molar-refractivity contribution < 1.29 is 23.8 Å². The van der Waals surface area contributed by atoms with Gasteiger partial charge in [0.25, 0.3) is 0 Å². The summed E-state index contributed by atoms with van der Waals surface area (Å²) in [6, 6.07) is 39.5. The largest absolute Gasteiger partial charge is 0.457 e. The summed E-state index contributed by atoms with van der Waals surface area (Å²) in [6.07, 6.45) is 2.58. The molecule has 0 radical (unpaired) electrons. The molecular formula is C38H36O5. The van der Waals surface area contributed by atoms with Crippen molar-refractivity contribution in [3.8, 4) is 0 Å². The molecule has 218 valence electrons. The van der Waals surface area contributed by atoms with Crippen LogP contribution in [0.2, 0.25) is 0 Å². The van der Waals surface area contributed by atoms with E-state index in [1.54, 1.807) is 0 Å². The molecule has 0 saturated carbocycles. The van der Waals surface area contributed by atoms with Crippen LogP contribution in [0.4, 0.5) is 0 Å². The Morgan fingerprint density at radius 1 is 0.698 bits per heavy atom. The number of carbonyl (C=O) groups excluding carboxylic acids is 2. The Kier molecular flexibility index (Phi) is 7.31. The molecule has 0 aromatic heterocycles. The van der Waals surface area contributed by atoms with Gasteiger partial charge in [0, 0.05) is 30.9 Å². The summed E-state index contributed by atoms with van der Waals surface area (Å²) in [5, 5.41) is 0. The standard InChI is InChI=1S/C38H36O5/c1-35(2,3)41-33(39)24-32(31-22-14-7-15-23-31)36(25-28-16-8-4-9-17-28)38(27-30-20-12-6-13-21-30)37(43-38,34(40)42-36)26-29-18-10-5-11-19-29/h4-24H,25-27H2,1-3H3/b32-24+/t36-,37+,38-/m0/s1. The SMILES string of the molecule is CC(C)(C)OC(=O)/C=C(\c1ccccc1)[C@]1(Cc2ccccc2)OC(=O)[C@@]2(Cc3ccccc3)O[C@@]12Cc1ccccc1. The quantitative estimate of drug-likeness (QED) is 0.123. The summed E-state index contributed by atoms with van der Waals surface area (Å²) >= 11 is 0. The van der Waals surface area contributed by atoms with Gasteiger partial charge < -0.3 is 14.2 Å². The monoisotopic (exact) mass is 572 g/mol. The van der Waals surface area contributed by atoms with Gasteiger partial charge in [-0.3, -0.25) is 0 Å². The maximum atomic E-state index is 14.3. The van der Waals surface area contributed by atoms with E-state index in [0.717, 1.165) is 22.3 Å². The number of hydrogen-bond acceptors (Lipinski definition) is 5. The van der Waals surface area contributed by atoms with E-state index >= 15 is 0 Å². The Bertz CT molecular complexity index is 1630. The molecule has 2 aliphatic heterocycles. The minimum atomic E-state index is -1.34. The molecule has 2 aliphatic rings. The second-order valence-electron chi connectivity index (χ2n) is 12.4. The molecule has 0 amide bonds. The Balaban J connectivity index is 1.60. The highest BCUT2D eigenvalue weighted by molar-refractivity contribution is 6.00. The molecule has 2 fully saturated rings. The summed E-state index contributed by atoms with van der Waals surface area (Å²) in [4.78, 5) is 27.9. The lowest BCUT2D eigenvalue weighted by atomic mass is 9.67. The van der Waals surface area contributed by atoms with Gasteiger partial charge in [0.15, 0.2) is 11.2 Å². The zero-order valence-corrected chi connectivity index (χ0v) is 24.8. The van der Waals surface area contributed by atoms with Crippen LogP contribution in [0, 0.1) is 0 Å². The van der Waals surface area contributed by atoms with Crippen molar-refractivity contribution in [1.29, 1.82) is 0 Å². The van der Waals surface area contributed by atoms with Gasteiger partial charge in [-0.1, -0.05) is 121 Å². The Labute approximate surface area is 253 Å². The van der Waals surface area contributed by atoms with Gasteiger partial charge in [-0.15, -0.1) is 0 Å². The molecule has 6 rings (SSSR count). The van der Waals surface area contributed by atoms with E-state index in [0.29, 0.717) is 24.8 Å². The highest BCUT2D eigenvalue weighted by Gasteiger charge is 2.89. The lowest BCUT2D eigenvalue weighted by Gasteiger charge is -2.38. The summed E-state index contributed by atoms with van der Waals surface area (Å²) in [6.45, 7) is 5.51. The van der Waals surface area contributed by atoms with Gasteiger partial charge in [0.05, 0.1) is 0 Å². The fraction of sp³-hybridized carbons (Fsp3) is 0.263. The van der Waals surface area contributed by atoms with Crippen molar-refractivity contribution in [3.05, 3.63) is 150 Å². The summed E-state index contributed by atoms with van der Waals surface area (Å²) in [7, 11) is 0. The van der Waals surface area contributed by atoms with Crippen molar-refractivity contribution in [2.75, 3.05) is 0 Å². The van der Waals surface area contributed by atoms with Crippen molar-refractivity contribution in [1.82, 2.24) is 0 Å². The van der Waals surface area contributed by atoms with Gasteiger partial charge in [0.1, 0.15) is 5.60 Å². The molecule has 2 heterocycles. The van der Waals surface area contributed by atoms with Gasteiger partial charge in [-0.25, -0.2) is 9.59 Å². The number of hydrogen-bond donors (Lipinski definition) is 0. The molecule has 2 saturated heterocycles. The second kappa shape index (κ2) is 11.0. The highest BCUT2D eigenvalue weighted by Crippen LogP contribution is 2.68. The Hall–Kier alpha value is -4.48. The first-order chi connectivity index (χ1) is 20.7. The molecule has 4 aromatic carbocycles. The van der Waals surface area contributed by atoms with Crippen LogP contribution >= 0.6 is 0 Å². The first kappa shape index (κ1) is 28.6. The molecule has 4 aromatic rings. The minimum Gasteiger partial charge on any atom is -0.457 e. The first-order valence-electron chi connectivity index (χ1n) is 14.7. The van der Waals surface area contributed by atoms with E-state index in [4.69, 9.17) is 14.2 Å². The topological polar surface area (TPSA) is 65.1 Å². The number of carbonyl (C=O) groups is 2. The summed E-state index contributed by atoms with van der Waals surface area (Å²) < 4.78 is 19.3. The third-order valence-electron chi connectivity index (χ3n) is 8.28. The van der Waals surface area contributed by atoms with Gasteiger partial charge in [-0.2, -0.15) is 0 Å². The van der Waals surface area contributed by atoms with E-state index in [1.807, 2.05) is 142 Å². The average molecular weight is 573 g/mol. The van der Waals surface area contributed by atoms with Crippen LogP contribution in [0.3, 0.4) is 0 Å². The van der Waals surface area contributed by atoms with Crippen molar-refractivity contribution in [2.45, 2.75) is 62.4 Å². The molecule has 5 nitrogen and oxygen atoms in total. The van der Waals surface area contributed by atoms with Crippen LogP contribution in [0.5, 0.6) is 0 Å². The predicted molar refractivity (Wildman–Crippen MR) is 166 cm³/mol. The molecule has 3 atom stereocenters. The zero-order valence-electron chi connectivity index (χ0n) is 24.8. The number of epoxide rings is 1. The van der Waals surface area contributed by atoms with Crippen molar-refractivity contribution in [3.63, 3.8) is 0 Å². The van der Waals surface area contributed by atoms with Crippen LogP contribution in [-0.4, -0.2) is 34.3 Å².